The van der Waals surface area contributed by atoms with E-state index in [1.807, 2.05) is 43.3 Å². The molecular formula is C27H27N3O6. The number of carbonyl (C=O) groups is 4. The van der Waals surface area contributed by atoms with Crippen LogP contribution in [0.2, 0.25) is 0 Å². The van der Waals surface area contributed by atoms with Crippen molar-refractivity contribution in [3.63, 3.8) is 0 Å². The van der Waals surface area contributed by atoms with Gasteiger partial charge in [0.1, 0.15) is 6.04 Å². The van der Waals surface area contributed by atoms with Gasteiger partial charge in [0.2, 0.25) is 5.91 Å². The van der Waals surface area contributed by atoms with Crippen molar-refractivity contribution in [3.8, 4) is 0 Å². The van der Waals surface area contributed by atoms with Crippen LogP contribution in [0.25, 0.3) is 0 Å². The Morgan fingerprint density at radius 3 is 2.44 bits per heavy atom. The van der Waals surface area contributed by atoms with E-state index in [9.17, 15) is 19.2 Å². The van der Waals surface area contributed by atoms with Crippen molar-refractivity contribution in [1.82, 2.24) is 9.80 Å². The van der Waals surface area contributed by atoms with E-state index in [1.54, 1.807) is 18.2 Å². The van der Waals surface area contributed by atoms with Crippen molar-refractivity contribution in [2.45, 2.75) is 25.9 Å². The molecule has 186 valence electrons. The number of nitrogens with zero attached hydrogens (tertiary/aromatic N) is 2. The Kier molecular flexibility index (Phi) is 7.48. The van der Waals surface area contributed by atoms with Crippen molar-refractivity contribution >= 4 is 29.4 Å². The first kappa shape index (κ1) is 24.7. The van der Waals surface area contributed by atoms with Crippen LogP contribution in [0, 0.1) is 6.92 Å². The number of benzene rings is 2. The molecule has 9 heteroatoms. The number of nitrogens with one attached hydrogen (secondary N) is 1. The van der Waals surface area contributed by atoms with Gasteiger partial charge in [-0.25, -0.2) is 4.79 Å². The van der Waals surface area contributed by atoms with E-state index in [-0.39, 0.29) is 31.2 Å². The average molecular weight is 490 g/mol. The van der Waals surface area contributed by atoms with Crippen LogP contribution in [0.15, 0.2) is 71.3 Å². The van der Waals surface area contributed by atoms with E-state index in [4.69, 9.17) is 9.15 Å². The van der Waals surface area contributed by atoms with Crippen molar-refractivity contribution in [2.75, 3.05) is 25.5 Å². The fourth-order valence-electron chi connectivity index (χ4n) is 3.97. The maximum atomic E-state index is 13.0. The number of aryl methyl sites for hydroxylation is 1. The first-order valence-corrected chi connectivity index (χ1v) is 11.5. The summed E-state index contributed by atoms with van der Waals surface area (Å²) in [5.74, 6) is -1.94. The predicted molar refractivity (Wildman–Crippen MR) is 131 cm³/mol. The molecule has 36 heavy (non-hydrogen) atoms. The van der Waals surface area contributed by atoms with Crippen molar-refractivity contribution in [3.05, 3.63) is 89.4 Å². The highest BCUT2D eigenvalue weighted by Gasteiger charge is 2.37. The lowest BCUT2D eigenvalue weighted by Gasteiger charge is -2.34. The fraction of sp³-hybridized carbons (Fsp3) is 0.259. The van der Waals surface area contributed by atoms with Crippen LogP contribution in [0.4, 0.5) is 5.69 Å². The largest absolute Gasteiger partial charge is 0.459 e. The number of anilines is 1. The molecule has 0 bridgehead atoms. The minimum absolute atomic E-state index is 0.113. The topological polar surface area (TPSA) is 109 Å². The van der Waals surface area contributed by atoms with Crippen LogP contribution in [-0.2, 0) is 32.1 Å². The summed E-state index contributed by atoms with van der Waals surface area (Å²) in [5, 5.41) is 2.72. The summed E-state index contributed by atoms with van der Waals surface area (Å²) in [5.41, 5.74) is 3.54. The van der Waals surface area contributed by atoms with Gasteiger partial charge in [-0.05, 0) is 42.3 Å². The molecular weight excluding hydrogens is 462 g/mol. The molecule has 1 N–H and O–H groups in total. The smallest absolute Gasteiger partial charge is 0.329 e. The molecule has 0 fully saturated rings. The van der Waals surface area contributed by atoms with E-state index in [0.29, 0.717) is 5.69 Å². The van der Waals surface area contributed by atoms with Crippen LogP contribution in [0.3, 0.4) is 0 Å². The first-order valence-electron chi connectivity index (χ1n) is 11.5. The van der Waals surface area contributed by atoms with Crippen LogP contribution in [0.1, 0.15) is 27.2 Å². The lowest BCUT2D eigenvalue weighted by Crippen LogP contribution is -2.50. The molecule has 1 aliphatic heterocycles. The first-order chi connectivity index (χ1) is 17.3. The van der Waals surface area contributed by atoms with Crippen molar-refractivity contribution in [2.24, 2.45) is 0 Å². The highest BCUT2D eigenvalue weighted by atomic mass is 16.5. The zero-order valence-electron chi connectivity index (χ0n) is 20.1. The van der Waals surface area contributed by atoms with Gasteiger partial charge in [0.25, 0.3) is 11.8 Å². The van der Waals surface area contributed by atoms with E-state index >= 15 is 0 Å². The van der Waals surface area contributed by atoms with E-state index < -0.39 is 30.4 Å². The molecule has 1 atom stereocenters. The molecule has 9 nitrogen and oxygen atoms in total. The molecule has 3 aromatic rings. The van der Waals surface area contributed by atoms with E-state index in [1.165, 1.54) is 29.2 Å². The molecule has 1 aromatic heterocycles. The Bertz CT molecular complexity index is 1250. The SMILES string of the molecule is Cc1ccc(NC(=O)CN(C)C(=O)COC(=O)C2Cc3ccccc3CN2C(=O)c2ccco2)cc1. The molecule has 0 aliphatic carbocycles. The van der Waals surface area contributed by atoms with Gasteiger partial charge in [0, 0.05) is 25.7 Å². The van der Waals surface area contributed by atoms with Crippen molar-refractivity contribution in [1.29, 1.82) is 0 Å². The zero-order chi connectivity index (χ0) is 25.7. The van der Waals surface area contributed by atoms with Gasteiger partial charge < -0.3 is 24.3 Å². The predicted octanol–water partition coefficient (Wildman–Crippen LogP) is 2.80. The molecule has 3 amide bonds. The number of carbonyl (C=O) groups excluding carboxylic acids is 4. The van der Waals surface area contributed by atoms with Crippen LogP contribution < -0.4 is 5.32 Å². The van der Waals surface area contributed by atoms with Gasteiger partial charge in [-0.1, -0.05) is 42.0 Å². The number of ether oxygens (including phenoxy) is 1. The third-order valence-corrected chi connectivity index (χ3v) is 5.99. The molecule has 0 spiro atoms. The monoisotopic (exact) mass is 489 g/mol. The molecule has 0 saturated heterocycles. The molecule has 1 unspecified atom stereocenters. The summed E-state index contributed by atoms with van der Waals surface area (Å²) in [4.78, 5) is 53.4. The Balaban J connectivity index is 1.36. The number of hydrogen-bond donors (Lipinski definition) is 1. The van der Waals surface area contributed by atoms with E-state index in [2.05, 4.69) is 5.32 Å². The number of hydrogen-bond acceptors (Lipinski definition) is 6. The van der Waals surface area contributed by atoms with E-state index in [0.717, 1.165) is 16.7 Å². The molecule has 1 aliphatic rings. The van der Waals surface area contributed by atoms with Gasteiger partial charge >= 0.3 is 5.97 Å². The number of furan rings is 1. The maximum absolute atomic E-state index is 13.0. The second-order valence-electron chi connectivity index (χ2n) is 8.67. The third kappa shape index (κ3) is 5.80. The summed E-state index contributed by atoms with van der Waals surface area (Å²) in [6, 6.07) is 17.0. The molecule has 4 rings (SSSR count). The Morgan fingerprint density at radius 1 is 1.03 bits per heavy atom. The van der Waals surface area contributed by atoms with Gasteiger partial charge in [-0.3, -0.25) is 14.4 Å². The van der Waals surface area contributed by atoms with Crippen molar-refractivity contribution < 1.29 is 28.3 Å². The molecule has 0 radical (unpaired) electrons. The van der Waals surface area contributed by atoms with Crippen LogP contribution in [-0.4, -0.2) is 59.7 Å². The minimum atomic E-state index is -0.916. The Hall–Kier alpha value is -4.40. The number of rotatable bonds is 7. The van der Waals surface area contributed by atoms with Gasteiger partial charge in [-0.2, -0.15) is 0 Å². The number of likely N-dealkylation sites (N-methyl/N-ethyl adjacent to an activating group) is 1. The second-order valence-corrected chi connectivity index (χ2v) is 8.67. The summed E-state index contributed by atoms with van der Waals surface area (Å²) >= 11 is 0. The standard InChI is InChI=1S/C27H27N3O6/c1-18-9-11-21(12-10-18)28-24(31)16-29(2)25(32)17-36-27(34)22-14-19-6-3-4-7-20(19)15-30(22)26(33)23-8-5-13-35-23/h3-13,22H,14-17H2,1-2H3,(H,28,31). The summed E-state index contributed by atoms with van der Waals surface area (Å²) in [6.45, 7) is 1.40. The lowest BCUT2D eigenvalue weighted by atomic mass is 9.93. The molecule has 0 saturated carbocycles. The van der Waals surface area contributed by atoms with Crippen LogP contribution >= 0.6 is 0 Å². The second kappa shape index (κ2) is 10.9. The normalized spacial score (nSPS) is 14.5. The van der Waals surface area contributed by atoms with Gasteiger partial charge in [0.15, 0.2) is 12.4 Å². The minimum Gasteiger partial charge on any atom is -0.459 e. The highest BCUT2D eigenvalue weighted by Crippen LogP contribution is 2.26. The molecule has 2 heterocycles. The summed E-state index contributed by atoms with van der Waals surface area (Å²) < 4.78 is 10.5. The van der Waals surface area contributed by atoms with Gasteiger partial charge in [-0.15, -0.1) is 0 Å². The fourth-order valence-corrected chi connectivity index (χ4v) is 3.97. The van der Waals surface area contributed by atoms with Crippen LogP contribution in [0.5, 0.6) is 0 Å². The number of fused-ring (bicyclic) bond motifs is 1. The quantitative estimate of drug-likeness (QED) is 0.511. The number of esters is 1. The lowest BCUT2D eigenvalue weighted by molar-refractivity contribution is -0.156. The summed E-state index contributed by atoms with van der Waals surface area (Å²) in [7, 11) is 1.45. The highest BCUT2D eigenvalue weighted by molar-refractivity contribution is 5.96. The molecule has 2 aromatic carbocycles. The average Bonchev–Trinajstić information content (AvgIpc) is 3.42. The maximum Gasteiger partial charge on any atom is 0.329 e. The number of amides is 3. The Labute approximate surface area is 208 Å². The summed E-state index contributed by atoms with van der Waals surface area (Å²) in [6.07, 6.45) is 1.65. The third-order valence-electron chi connectivity index (χ3n) is 5.99. The Morgan fingerprint density at radius 2 is 1.75 bits per heavy atom. The zero-order valence-corrected chi connectivity index (χ0v) is 20.1. The van der Waals surface area contributed by atoms with Gasteiger partial charge in [0.05, 0.1) is 12.8 Å².